The normalized spacial score (nSPS) is 33.8. The monoisotopic (exact) mass is 212 g/mol. The van der Waals surface area contributed by atoms with Crippen LogP contribution in [0, 0.1) is 0 Å². The third-order valence-electron chi connectivity index (χ3n) is 2.64. The molecule has 0 aromatic heterocycles. The lowest BCUT2D eigenvalue weighted by Crippen LogP contribution is -2.36. The van der Waals surface area contributed by atoms with Crippen LogP contribution in [0.2, 0.25) is 0 Å². The average molecular weight is 212 g/mol. The Bertz CT molecular complexity index is 274. The van der Waals surface area contributed by atoms with E-state index in [9.17, 15) is 4.79 Å². The maximum absolute atomic E-state index is 11.5. The lowest BCUT2D eigenvalue weighted by molar-refractivity contribution is -0.213. The van der Waals surface area contributed by atoms with Crippen molar-refractivity contribution in [3.8, 4) is 0 Å². The fourth-order valence-corrected chi connectivity index (χ4v) is 1.74. The second-order valence-corrected chi connectivity index (χ2v) is 4.19. The van der Waals surface area contributed by atoms with Gasteiger partial charge in [0, 0.05) is 18.4 Å². The topological polar surface area (TPSA) is 48.1 Å². The highest BCUT2D eigenvalue weighted by Crippen LogP contribution is 2.35. The number of rotatable bonds is 4. The quantitative estimate of drug-likeness (QED) is 0.401. The van der Waals surface area contributed by atoms with Crippen LogP contribution >= 0.6 is 0 Å². The van der Waals surface area contributed by atoms with Crippen LogP contribution in [-0.2, 0) is 19.0 Å². The van der Waals surface area contributed by atoms with Gasteiger partial charge in [-0.1, -0.05) is 6.58 Å². The molecule has 2 heterocycles. The molecule has 0 saturated carbocycles. The first-order valence-corrected chi connectivity index (χ1v) is 5.26. The molecule has 2 unspecified atom stereocenters. The van der Waals surface area contributed by atoms with Crippen molar-refractivity contribution in [2.24, 2.45) is 0 Å². The number of carbonyl (C=O) groups excluding carboxylic acids is 1. The molecule has 0 spiro atoms. The molecule has 2 rings (SSSR count). The van der Waals surface area contributed by atoms with Gasteiger partial charge in [0.25, 0.3) is 0 Å². The fraction of sp³-hybridized carbons (Fsp3) is 0.727. The lowest BCUT2D eigenvalue weighted by atomic mass is 10.1. The van der Waals surface area contributed by atoms with Crippen molar-refractivity contribution in [2.45, 2.75) is 38.1 Å². The molecule has 2 fully saturated rings. The summed E-state index contributed by atoms with van der Waals surface area (Å²) >= 11 is 0. The Morgan fingerprint density at radius 3 is 2.87 bits per heavy atom. The highest BCUT2D eigenvalue weighted by atomic mass is 16.7. The zero-order chi connectivity index (χ0) is 10.9. The molecule has 0 aromatic carbocycles. The van der Waals surface area contributed by atoms with Gasteiger partial charge in [-0.05, 0) is 13.3 Å². The molecule has 4 nitrogen and oxygen atoms in total. The van der Waals surface area contributed by atoms with Gasteiger partial charge in [-0.15, -0.1) is 0 Å². The largest absolute Gasteiger partial charge is 0.430 e. The van der Waals surface area contributed by atoms with E-state index in [0.29, 0.717) is 18.6 Å². The third-order valence-corrected chi connectivity index (χ3v) is 2.64. The van der Waals surface area contributed by atoms with Crippen LogP contribution in [0.15, 0.2) is 12.2 Å². The molecule has 15 heavy (non-hydrogen) atoms. The van der Waals surface area contributed by atoms with Crippen molar-refractivity contribution in [3.05, 3.63) is 12.2 Å². The number of epoxide rings is 1. The maximum Gasteiger partial charge on any atom is 0.335 e. The molecule has 0 radical (unpaired) electrons. The summed E-state index contributed by atoms with van der Waals surface area (Å²) in [7, 11) is 0. The fourth-order valence-electron chi connectivity index (χ4n) is 1.74. The maximum atomic E-state index is 11.5. The summed E-state index contributed by atoms with van der Waals surface area (Å²) in [5, 5.41) is 0. The minimum absolute atomic E-state index is 0.195. The molecule has 2 aliphatic heterocycles. The van der Waals surface area contributed by atoms with Crippen molar-refractivity contribution < 1.29 is 19.0 Å². The smallest absolute Gasteiger partial charge is 0.335 e. The van der Waals surface area contributed by atoms with Gasteiger partial charge in [0.15, 0.2) is 0 Å². The van der Waals surface area contributed by atoms with E-state index in [-0.39, 0.29) is 12.1 Å². The molecule has 0 N–H and O–H groups in total. The standard InChI is InChI=1S/C11H16O4/c1-8(2)10(12)15-11(4-3-5-14-11)6-9-7-13-9/h9H,1,3-7H2,2H3. The first kappa shape index (κ1) is 10.6. The molecule has 4 heteroatoms. The van der Waals surface area contributed by atoms with E-state index in [1.807, 2.05) is 0 Å². The molecule has 84 valence electrons. The summed E-state index contributed by atoms with van der Waals surface area (Å²) < 4.78 is 16.1. The van der Waals surface area contributed by atoms with E-state index in [2.05, 4.69) is 6.58 Å². The van der Waals surface area contributed by atoms with Gasteiger partial charge in [0.2, 0.25) is 5.79 Å². The van der Waals surface area contributed by atoms with Crippen molar-refractivity contribution in [1.82, 2.24) is 0 Å². The van der Waals surface area contributed by atoms with Gasteiger partial charge in [-0.3, -0.25) is 0 Å². The Labute approximate surface area is 89.2 Å². The van der Waals surface area contributed by atoms with Crippen LogP contribution in [0.4, 0.5) is 0 Å². The van der Waals surface area contributed by atoms with E-state index in [1.165, 1.54) is 0 Å². The van der Waals surface area contributed by atoms with Crippen LogP contribution in [0.5, 0.6) is 0 Å². The molecule has 0 bridgehead atoms. The van der Waals surface area contributed by atoms with Crippen LogP contribution in [0.1, 0.15) is 26.2 Å². The summed E-state index contributed by atoms with van der Waals surface area (Å²) in [5.41, 5.74) is 0.404. The molecular formula is C11H16O4. The van der Waals surface area contributed by atoms with Gasteiger partial charge in [-0.2, -0.15) is 0 Å². The minimum Gasteiger partial charge on any atom is -0.430 e. The van der Waals surface area contributed by atoms with Crippen LogP contribution < -0.4 is 0 Å². The van der Waals surface area contributed by atoms with E-state index in [0.717, 1.165) is 19.4 Å². The van der Waals surface area contributed by atoms with Crippen molar-refractivity contribution in [3.63, 3.8) is 0 Å². The average Bonchev–Trinajstić information content (AvgIpc) is 2.85. The van der Waals surface area contributed by atoms with Gasteiger partial charge < -0.3 is 14.2 Å². The zero-order valence-electron chi connectivity index (χ0n) is 8.95. The van der Waals surface area contributed by atoms with Gasteiger partial charge in [0.1, 0.15) is 0 Å². The number of esters is 1. The second-order valence-electron chi connectivity index (χ2n) is 4.19. The second kappa shape index (κ2) is 3.94. The zero-order valence-corrected chi connectivity index (χ0v) is 8.95. The van der Waals surface area contributed by atoms with E-state index < -0.39 is 5.79 Å². The van der Waals surface area contributed by atoms with E-state index >= 15 is 0 Å². The number of ether oxygens (including phenoxy) is 3. The summed E-state index contributed by atoms with van der Waals surface area (Å²) in [4.78, 5) is 11.5. The first-order valence-electron chi connectivity index (χ1n) is 5.26. The van der Waals surface area contributed by atoms with Crippen LogP contribution in [0.25, 0.3) is 0 Å². The Morgan fingerprint density at radius 1 is 1.67 bits per heavy atom. The van der Waals surface area contributed by atoms with Gasteiger partial charge >= 0.3 is 5.97 Å². The van der Waals surface area contributed by atoms with Crippen molar-refractivity contribution in [2.75, 3.05) is 13.2 Å². The highest BCUT2D eigenvalue weighted by Gasteiger charge is 2.44. The Hall–Kier alpha value is -0.870. The van der Waals surface area contributed by atoms with Crippen molar-refractivity contribution >= 4 is 5.97 Å². The molecule has 0 amide bonds. The van der Waals surface area contributed by atoms with Crippen molar-refractivity contribution in [1.29, 1.82) is 0 Å². The third kappa shape index (κ3) is 2.58. The first-order chi connectivity index (χ1) is 7.11. The summed E-state index contributed by atoms with van der Waals surface area (Å²) in [5.74, 6) is -1.13. The summed E-state index contributed by atoms with van der Waals surface area (Å²) in [6.07, 6.45) is 2.52. The molecule has 2 saturated heterocycles. The Balaban J connectivity index is 1.98. The molecule has 0 aromatic rings. The number of hydrogen-bond acceptors (Lipinski definition) is 4. The predicted molar refractivity (Wildman–Crippen MR) is 53.2 cm³/mol. The van der Waals surface area contributed by atoms with Gasteiger partial charge in [-0.25, -0.2) is 4.79 Å². The molecular weight excluding hydrogens is 196 g/mol. The minimum atomic E-state index is -0.753. The Kier molecular flexibility index (Phi) is 2.80. The predicted octanol–water partition coefficient (Wildman–Crippen LogP) is 1.40. The Morgan fingerprint density at radius 2 is 2.40 bits per heavy atom. The molecule has 0 aliphatic carbocycles. The number of carbonyl (C=O) groups is 1. The van der Waals surface area contributed by atoms with Gasteiger partial charge in [0.05, 0.1) is 19.3 Å². The van der Waals surface area contributed by atoms with E-state index in [4.69, 9.17) is 14.2 Å². The highest BCUT2D eigenvalue weighted by molar-refractivity contribution is 5.87. The molecule has 2 atom stereocenters. The molecule has 2 aliphatic rings. The van der Waals surface area contributed by atoms with Crippen LogP contribution in [0.3, 0.4) is 0 Å². The van der Waals surface area contributed by atoms with E-state index in [1.54, 1.807) is 6.92 Å². The number of hydrogen-bond donors (Lipinski definition) is 0. The SMILES string of the molecule is C=C(C)C(=O)OC1(CC2CO2)CCCO1. The lowest BCUT2D eigenvalue weighted by Gasteiger charge is -2.27. The summed E-state index contributed by atoms with van der Waals surface area (Å²) in [6.45, 7) is 6.59. The summed E-state index contributed by atoms with van der Waals surface area (Å²) in [6, 6.07) is 0. The van der Waals surface area contributed by atoms with Crippen LogP contribution in [-0.4, -0.2) is 31.1 Å².